The lowest BCUT2D eigenvalue weighted by molar-refractivity contribution is 0.0774. The van der Waals surface area contributed by atoms with E-state index in [2.05, 4.69) is 46.7 Å². The van der Waals surface area contributed by atoms with E-state index in [4.69, 9.17) is 4.84 Å². The molecule has 1 aromatic heterocycles. The molecule has 9 heteroatoms. The van der Waals surface area contributed by atoms with Crippen molar-refractivity contribution in [1.82, 2.24) is 19.4 Å². The highest BCUT2D eigenvalue weighted by molar-refractivity contribution is 5.68. The summed E-state index contributed by atoms with van der Waals surface area (Å²) in [5.41, 5.74) is 4.12. The van der Waals surface area contributed by atoms with Gasteiger partial charge in [0.15, 0.2) is 0 Å². The number of anilines is 1. The Labute approximate surface area is 200 Å². The van der Waals surface area contributed by atoms with Crippen molar-refractivity contribution in [2.45, 2.75) is 20.4 Å². The third-order valence-corrected chi connectivity index (χ3v) is 7.64. The van der Waals surface area contributed by atoms with Gasteiger partial charge >= 0.3 is 6.09 Å². The van der Waals surface area contributed by atoms with Crippen LogP contribution in [0.1, 0.15) is 18.1 Å². The van der Waals surface area contributed by atoms with Crippen molar-refractivity contribution in [3.8, 4) is 11.8 Å². The fourth-order valence-electron chi connectivity index (χ4n) is 5.83. The summed E-state index contributed by atoms with van der Waals surface area (Å²) in [6, 6.07) is 9.21. The van der Waals surface area contributed by atoms with E-state index >= 15 is 0 Å². The van der Waals surface area contributed by atoms with E-state index in [1.165, 1.54) is 28.9 Å². The van der Waals surface area contributed by atoms with E-state index in [1.807, 2.05) is 0 Å². The summed E-state index contributed by atoms with van der Waals surface area (Å²) in [6.07, 6.45) is -0.546. The van der Waals surface area contributed by atoms with Crippen molar-refractivity contribution in [2.24, 2.45) is 11.8 Å². The van der Waals surface area contributed by atoms with E-state index in [1.54, 1.807) is 4.90 Å². The highest BCUT2D eigenvalue weighted by Crippen LogP contribution is 2.34. The second-order valence-corrected chi connectivity index (χ2v) is 9.82. The number of para-hydroxylation sites is 1. The third kappa shape index (κ3) is 4.42. The van der Waals surface area contributed by atoms with Crippen molar-refractivity contribution < 1.29 is 19.8 Å². The molecule has 0 saturated carbocycles. The maximum atomic E-state index is 12.6. The van der Waals surface area contributed by atoms with Crippen LogP contribution in [0.25, 0.3) is 0 Å². The molecule has 3 saturated heterocycles. The first-order valence-electron chi connectivity index (χ1n) is 12.3. The van der Waals surface area contributed by atoms with Gasteiger partial charge in [0.1, 0.15) is 0 Å². The number of benzene rings is 1. The molecular weight excluding hydrogens is 434 g/mol. The number of aromatic nitrogens is 1. The Morgan fingerprint density at radius 3 is 2.21 bits per heavy atom. The van der Waals surface area contributed by atoms with Crippen LogP contribution in [0, 0.1) is 18.8 Å². The fourth-order valence-corrected chi connectivity index (χ4v) is 5.83. The zero-order valence-electron chi connectivity index (χ0n) is 20.1. The molecule has 9 nitrogen and oxygen atoms in total. The summed E-state index contributed by atoms with van der Waals surface area (Å²) in [7, 11) is 0. The average Bonchev–Trinajstić information content (AvgIpc) is 3.48. The SMILES string of the molecule is CCN1CCN(c2c(C)cccc2CN2CC3CN(C(=O)On4c(O)ccc4O)CC3C2)CC1. The number of hydrogen-bond acceptors (Lipinski definition) is 7. The molecule has 5 rings (SSSR count). The molecule has 2 atom stereocenters. The van der Waals surface area contributed by atoms with Crippen LogP contribution in [0.15, 0.2) is 30.3 Å². The van der Waals surface area contributed by atoms with E-state index < -0.39 is 6.09 Å². The van der Waals surface area contributed by atoms with Gasteiger partial charge in [0.25, 0.3) is 0 Å². The predicted octanol–water partition coefficient (Wildman–Crippen LogP) is 1.96. The van der Waals surface area contributed by atoms with Gasteiger partial charge in [-0.25, -0.2) is 4.79 Å². The lowest BCUT2D eigenvalue weighted by atomic mass is 10.0. The molecule has 0 spiro atoms. The van der Waals surface area contributed by atoms with Gasteiger partial charge in [0.2, 0.25) is 11.8 Å². The summed E-state index contributed by atoms with van der Waals surface area (Å²) in [5.74, 6) is 0.199. The Balaban J connectivity index is 1.19. The van der Waals surface area contributed by atoms with E-state index in [0.717, 1.165) is 57.1 Å². The van der Waals surface area contributed by atoms with Gasteiger partial charge in [-0.2, -0.15) is 0 Å². The smallest absolute Gasteiger partial charge is 0.434 e. The van der Waals surface area contributed by atoms with Crippen molar-refractivity contribution in [3.05, 3.63) is 41.5 Å². The first kappa shape index (κ1) is 22.9. The normalized spacial score (nSPS) is 23.5. The largest absolute Gasteiger partial charge is 0.492 e. The van der Waals surface area contributed by atoms with Crippen LogP contribution in [-0.2, 0) is 6.54 Å². The molecule has 2 aromatic rings. The lowest BCUT2D eigenvalue weighted by Crippen LogP contribution is -2.46. The molecule has 1 aromatic carbocycles. The topological polar surface area (TPSA) is 84.7 Å². The molecule has 2 N–H and O–H groups in total. The Morgan fingerprint density at radius 2 is 1.59 bits per heavy atom. The molecule has 1 amide bonds. The van der Waals surface area contributed by atoms with Crippen LogP contribution < -0.4 is 9.74 Å². The number of nitrogens with zero attached hydrogens (tertiary/aromatic N) is 5. The van der Waals surface area contributed by atoms with Crippen LogP contribution in [-0.4, -0.2) is 94.6 Å². The monoisotopic (exact) mass is 469 g/mol. The van der Waals surface area contributed by atoms with Gasteiger partial charge in [-0.1, -0.05) is 25.1 Å². The number of aryl methyl sites for hydroxylation is 1. The summed E-state index contributed by atoms with van der Waals surface area (Å²) in [4.78, 5) is 27.0. The first-order chi connectivity index (χ1) is 16.4. The highest BCUT2D eigenvalue weighted by atomic mass is 16.7. The third-order valence-electron chi connectivity index (χ3n) is 7.64. The number of hydrogen-bond donors (Lipinski definition) is 2. The first-order valence-corrected chi connectivity index (χ1v) is 12.3. The average molecular weight is 470 g/mol. The summed E-state index contributed by atoms with van der Waals surface area (Å²) < 4.78 is 0.752. The van der Waals surface area contributed by atoms with Gasteiger partial charge in [-0.05, 0) is 36.4 Å². The van der Waals surface area contributed by atoms with Gasteiger partial charge < -0.3 is 29.8 Å². The number of amides is 1. The Morgan fingerprint density at radius 1 is 0.941 bits per heavy atom. The number of likely N-dealkylation sites (N-methyl/N-ethyl adjacent to an activating group) is 1. The molecular formula is C25H35N5O4. The van der Waals surface area contributed by atoms with E-state index in [0.29, 0.717) is 24.9 Å². The molecule has 0 aliphatic carbocycles. The standard InChI is InChI=1S/C25H35N5O4/c1-3-26-9-11-28(12-10-26)24-18(2)5-4-6-19(24)13-27-14-20-16-29(17-21(20)15-27)25(33)34-30-22(31)7-8-23(30)32/h4-8,20-21,31-32H,3,9-17H2,1-2H3. The lowest BCUT2D eigenvalue weighted by Gasteiger charge is -2.37. The van der Waals surface area contributed by atoms with E-state index in [9.17, 15) is 15.0 Å². The van der Waals surface area contributed by atoms with Gasteiger partial charge in [0, 0.05) is 76.7 Å². The summed E-state index contributed by atoms with van der Waals surface area (Å²) in [5, 5.41) is 19.4. The molecule has 0 bridgehead atoms. The van der Waals surface area contributed by atoms with Crippen molar-refractivity contribution in [3.63, 3.8) is 0 Å². The minimum atomic E-state index is -0.546. The molecule has 34 heavy (non-hydrogen) atoms. The molecule has 3 fully saturated rings. The maximum absolute atomic E-state index is 12.6. The van der Waals surface area contributed by atoms with Crippen LogP contribution in [0.5, 0.6) is 11.8 Å². The molecule has 2 unspecified atom stereocenters. The second-order valence-electron chi connectivity index (χ2n) is 9.82. The van der Waals surface area contributed by atoms with Gasteiger partial charge in [-0.3, -0.25) is 4.90 Å². The molecule has 0 radical (unpaired) electrons. The fraction of sp³-hybridized carbons (Fsp3) is 0.560. The minimum absolute atomic E-state index is 0.304. The second kappa shape index (κ2) is 9.38. The van der Waals surface area contributed by atoms with Crippen LogP contribution in [0.3, 0.4) is 0 Å². The zero-order chi connectivity index (χ0) is 23.8. The van der Waals surface area contributed by atoms with Crippen LogP contribution in [0.2, 0.25) is 0 Å². The molecule has 3 aliphatic heterocycles. The maximum Gasteiger partial charge on any atom is 0.434 e. The predicted molar refractivity (Wildman–Crippen MR) is 129 cm³/mol. The van der Waals surface area contributed by atoms with Crippen molar-refractivity contribution in [1.29, 1.82) is 0 Å². The number of rotatable bonds is 5. The molecule has 4 heterocycles. The quantitative estimate of drug-likeness (QED) is 0.693. The Bertz CT molecular complexity index is 999. The van der Waals surface area contributed by atoms with Crippen LogP contribution in [0.4, 0.5) is 10.5 Å². The van der Waals surface area contributed by atoms with Gasteiger partial charge in [-0.15, -0.1) is 4.73 Å². The molecule has 3 aliphatic rings. The number of piperazine rings is 1. The number of carbonyl (C=O) groups excluding carboxylic acids is 1. The zero-order valence-corrected chi connectivity index (χ0v) is 20.1. The minimum Gasteiger partial charge on any atom is -0.492 e. The van der Waals surface area contributed by atoms with Crippen molar-refractivity contribution >= 4 is 11.8 Å². The number of aromatic hydroxyl groups is 2. The molecule has 184 valence electrons. The number of carbonyl (C=O) groups is 1. The number of fused-ring (bicyclic) bond motifs is 1. The number of likely N-dealkylation sites (tertiary alicyclic amines) is 2. The summed E-state index contributed by atoms with van der Waals surface area (Å²) >= 11 is 0. The highest BCUT2D eigenvalue weighted by Gasteiger charge is 2.42. The van der Waals surface area contributed by atoms with Crippen LogP contribution >= 0.6 is 0 Å². The Hall–Kier alpha value is -2.91. The van der Waals surface area contributed by atoms with Crippen molar-refractivity contribution in [2.75, 3.05) is 63.8 Å². The Kier molecular flexibility index (Phi) is 6.31. The van der Waals surface area contributed by atoms with E-state index in [-0.39, 0.29) is 11.8 Å². The van der Waals surface area contributed by atoms with Gasteiger partial charge in [0.05, 0.1) is 0 Å². The summed E-state index contributed by atoms with van der Waals surface area (Å²) in [6.45, 7) is 14.0.